The molecule has 0 amide bonds. The summed E-state index contributed by atoms with van der Waals surface area (Å²) < 4.78 is 0. The van der Waals surface area contributed by atoms with E-state index in [0.717, 1.165) is 39.5 Å². The van der Waals surface area contributed by atoms with Gasteiger partial charge in [-0.3, -0.25) is 4.99 Å². The molecule has 1 aliphatic rings. The van der Waals surface area contributed by atoms with Crippen LogP contribution < -0.4 is 0 Å². The van der Waals surface area contributed by atoms with Crippen molar-refractivity contribution in [3.8, 4) is 12.1 Å². The van der Waals surface area contributed by atoms with Crippen molar-refractivity contribution in [3.05, 3.63) is 39.4 Å². The molecular formula is C16H16N4. The van der Waals surface area contributed by atoms with Crippen molar-refractivity contribution in [3.63, 3.8) is 0 Å². The van der Waals surface area contributed by atoms with Crippen LogP contribution >= 0.6 is 0 Å². The lowest BCUT2D eigenvalue weighted by Crippen LogP contribution is -1.91. The zero-order valence-corrected chi connectivity index (χ0v) is 12.3. The van der Waals surface area contributed by atoms with Crippen molar-refractivity contribution >= 4 is 11.3 Å². The van der Waals surface area contributed by atoms with Crippen molar-refractivity contribution in [2.24, 2.45) is 4.99 Å². The minimum absolute atomic E-state index is 0.640. The minimum Gasteiger partial charge on any atom is -0.358 e. The largest absolute Gasteiger partial charge is 0.358 e. The molecule has 0 unspecified atom stereocenters. The molecule has 2 rings (SSSR count). The monoisotopic (exact) mass is 264 g/mol. The third kappa shape index (κ3) is 1.87. The molecule has 1 N–H and O–H groups in total. The van der Waals surface area contributed by atoms with Gasteiger partial charge >= 0.3 is 0 Å². The van der Waals surface area contributed by atoms with Crippen molar-refractivity contribution in [2.75, 3.05) is 0 Å². The Balaban J connectivity index is 2.68. The molecule has 4 nitrogen and oxygen atoms in total. The Hall–Kier alpha value is -2.59. The molecule has 1 aromatic rings. The van der Waals surface area contributed by atoms with E-state index in [9.17, 15) is 0 Å². The number of nitriles is 2. The molecule has 100 valence electrons. The quantitative estimate of drug-likeness (QED) is 0.842. The Morgan fingerprint density at radius 2 is 1.75 bits per heavy atom. The van der Waals surface area contributed by atoms with E-state index in [1.807, 2.05) is 34.6 Å². The van der Waals surface area contributed by atoms with Crippen LogP contribution in [-0.4, -0.2) is 10.7 Å². The van der Waals surface area contributed by atoms with Crippen LogP contribution in [0.25, 0.3) is 5.57 Å². The third-order valence-corrected chi connectivity index (χ3v) is 3.76. The first-order valence-corrected chi connectivity index (χ1v) is 6.39. The highest BCUT2D eigenvalue weighted by Crippen LogP contribution is 2.33. The number of hydrogen-bond donors (Lipinski definition) is 1. The van der Waals surface area contributed by atoms with Crippen LogP contribution in [-0.2, 0) is 0 Å². The highest BCUT2D eigenvalue weighted by molar-refractivity contribution is 6.07. The van der Waals surface area contributed by atoms with Gasteiger partial charge in [-0.1, -0.05) is 0 Å². The lowest BCUT2D eigenvalue weighted by atomic mass is 10.0. The van der Waals surface area contributed by atoms with Gasteiger partial charge in [-0.2, -0.15) is 10.5 Å². The first kappa shape index (κ1) is 13.8. The molecule has 1 aliphatic heterocycles. The van der Waals surface area contributed by atoms with Gasteiger partial charge in [0.15, 0.2) is 0 Å². The summed E-state index contributed by atoms with van der Waals surface area (Å²) in [5.74, 6) is 0. The van der Waals surface area contributed by atoms with Gasteiger partial charge in [0.2, 0.25) is 0 Å². The number of allylic oxidation sites excluding steroid dienone is 3. The van der Waals surface area contributed by atoms with Crippen LogP contribution in [0.4, 0.5) is 0 Å². The van der Waals surface area contributed by atoms with E-state index < -0.39 is 0 Å². The second-order valence-corrected chi connectivity index (χ2v) is 5.02. The maximum absolute atomic E-state index is 9.17. The molecule has 2 heterocycles. The summed E-state index contributed by atoms with van der Waals surface area (Å²) in [6, 6.07) is 4.41. The normalized spacial score (nSPS) is 16.9. The van der Waals surface area contributed by atoms with Crippen molar-refractivity contribution < 1.29 is 0 Å². The van der Waals surface area contributed by atoms with Crippen LogP contribution in [0.5, 0.6) is 0 Å². The number of rotatable bonds is 1. The van der Waals surface area contributed by atoms with Crippen LogP contribution in [0.2, 0.25) is 0 Å². The Morgan fingerprint density at radius 1 is 1.10 bits per heavy atom. The minimum atomic E-state index is 0.640. The van der Waals surface area contributed by atoms with Crippen molar-refractivity contribution in [2.45, 2.75) is 34.6 Å². The fourth-order valence-electron chi connectivity index (χ4n) is 2.64. The zero-order chi connectivity index (χ0) is 15.0. The topological polar surface area (TPSA) is 75.7 Å². The van der Waals surface area contributed by atoms with E-state index >= 15 is 0 Å². The fourth-order valence-corrected chi connectivity index (χ4v) is 2.64. The predicted molar refractivity (Wildman–Crippen MR) is 79.0 cm³/mol. The molecule has 0 aliphatic carbocycles. The summed E-state index contributed by atoms with van der Waals surface area (Å²) in [6.45, 7) is 9.54. The van der Waals surface area contributed by atoms with Crippen LogP contribution in [0, 0.1) is 36.5 Å². The van der Waals surface area contributed by atoms with Crippen molar-refractivity contribution in [1.82, 2.24) is 4.98 Å². The van der Waals surface area contributed by atoms with Gasteiger partial charge in [0.25, 0.3) is 0 Å². The van der Waals surface area contributed by atoms with Gasteiger partial charge in [0, 0.05) is 11.4 Å². The fraction of sp³-hybridized carbons (Fsp3) is 0.312. The average Bonchev–Trinajstić information content (AvgIpc) is 2.85. The molecule has 0 aromatic carbocycles. The lowest BCUT2D eigenvalue weighted by Gasteiger charge is -2.05. The summed E-state index contributed by atoms with van der Waals surface area (Å²) in [4.78, 5) is 7.75. The summed E-state index contributed by atoms with van der Waals surface area (Å²) in [5, 5.41) is 18.3. The second-order valence-electron chi connectivity index (χ2n) is 5.02. The molecule has 0 spiro atoms. The first-order chi connectivity index (χ1) is 9.42. The van der Waals surface area contributed by atoms with E-state index in [0.29, 0.717) is 11.1 Å². The highest BCUT2D eigenvalue weighted by Gasteiger charge is 2.22. The number of hydrogen-bond acceptors (Lipinski definition) is 3. The average molecular weight is 264 g/mol. The van der Waals surface area contributed by atoms with Crippen LogP contribution in [0.3, 0.4) is 0 Å². The molecule has 20 heavy (non-hydrogen) atoms. The lowest BCUT2D eigenvalue weighted by molar-refractivity contribution is 1.20. The summed E-state index contributed by atoms with van der Waals surface area (Å²) in [6.07, 6.45) is 0. The number of aromatic amines is 1. The Labute approximate surface area is 118 Å². The van der Waals surface area contributed by atoms with Crippen LogP contribution in [0.1, 0.15) is 43.3 Å². The van der Waals surface area contributed by atoms with E-state index in [1.54, 1.807) is 0 Å². The van der Waals surface area contributed by atoms with Gasteiger partial charge < -0.3 is 4.98 Å². The molecular weight excluding hydrogens is 248 g/mol. The zero-order valence-electron chi connectivity index (χ0n) is 12.3. The van der Waals surface area contributed by atoms with Gasteiger partial charge in [0.1, 0.15) is 12.1 Å². The van der Waals surface area contributed by atoms with E-state index in [2.05, 4.69) is 22.1 Å². The third-order valence-electron chi connectivity index (χ3n) is 3.76. The summed E-state index contributed by atoms with van der Waals surface area (Å²) in [5.41, 5.74) is 7.48. The predicted octanol–water partition coefficient (Wildman–Crippen LogP) is 3.55. The molecule has 0 fully saturated rings. The van der Waals surface area contributed by atoms with Crippen LogP contribution in [0.15, 0.2) is 21.8 Å². The standard InChI is InChI=1S/C16H16N4/c1-8-13(6-17)11(4)19-15(8)10(3)16-9(2)14(7-18)12(5)20-16/h19H,1-5H3/b16-10-. The molecule has 0 radical (unpaired) electrons. The Morgan fingerprint density at radius 3 is 2.20 bits per heavy atom. The van der Waals surface area contributed by atoms with Gasteiger partial charge in [-0.25, -0.2) is 0 Å². The number of nitrogens with one attached hydrogen (secondary N) is 1. The highest BCUT2D eigenvalue weighted by atomic mass is 14.8. The SMILES string of the molecule is CC1=N/C(=C(/C)c2[nH]c(C)c(C#N)c2C)C(C)=C1C#N. The number of H-pyrrole nitrogens is 1. The van der Waals surface area contributed by atoms with Gasteiger partial charge in [-0.15, -0.1) is 0 Å². The first-order valence-electron chi connectivity index (χ1n) is 6.39. The Bertz CT molecular complexity index is 771. The van der Waals surface area contributed by atoms with Crippen molar-refractivity contribution in [1.29, 1.82) is 10.5 Å². The van der Waals surface area contributed by atoms with E-state index in [-0.39, 0.29) is 0 Å². The maximum Gasteiger partial charge on any atom is 0.101 e. The smallest absolute Gasteiger partial charge is 0.101 e. The van der Waals surface area contributed by atoms with E-state index in [1.165, 1.54) is 0 Å². The number of aliphatic imine (C=N–C) groups is 1. The molecule has 0 atom stereocenters. The molecule has 1 aromatic heterocycles. The number of nitrogens with zero attached hydrogens (tertiary/aromatic N) is 3. The summed E-state index contributed by atoms with van der Waals surface area (Å²) >= 11 is 0. The molecule has 0 bridgehead atoms. The maximum atomic E-state index is 9.17. The molecule has 0 saturated carbocycles. The van der Waals surface area contributed by atoms with Gasteiger partial charge in [-0.05, 0) is 51.3 Å². The van der Waals surface area contributed by atoms with E-state index in [4.69, 9.17) is 10.5 Å². The molecule has 0 saturated heterocycles. The number of aryl methyl sites for hydroxylation is 1. The second kappa shape index (κ2) is 4.83. The number of aromatic nitrogens is 1. The summed E-state index contributed by atoms with van der Waals surface area (Å²) in [7, 11) is 0. The van der Waals surface area contributed by atoms with Gasteiger partial charge in [0.05, 0.1) is 22.5 Å². The Kier molecular flexibility index (Phi) is 3.34. The molecule has 4 heteroatoms.